The normalized spacial score (nSPS) is 10.9. The van der Waals surface area contributed by atoms with Crippen molar-refractivity contribution in [1.82, 2.24) is 9.78 Å². The first-order valence-corrected chi connectivity index (χ1v) is 9.75. The summed E-state index contributed by atoms with van der Waals surface area (Å²) in [6, 6.07) is 26.0. The van der Waals surface area contributed by atoms with Gasteiger partial charge in [0.15, 0.2) is 0 Å². The van der Waals surface area contributed by atoms with E-state index < -0.39 is 0 Å². The molecule has 0 unspecified atom stereocenters. The van der Waals surface area contributed by atoms with Gasteiger partial charge in [-0.25, -0.2) is 4.68 Å². The molecule has 0 radical (unpaired) electrons. The summed E-state index contributed by atoms with van der Waals surface area (Å²) in [4.78, 5) is 2.04. The fraction of sp³-hybridized carbons (Fsp3) is 0.0455. The quantitative estimate of drug-likeness (QED) is 0.448. The van der Waals surface area contributed by atoms with Gasteiger partial charge in [0.25, 0.3) is 0 Å². The molecule has 0 amide bonds. The van der Waals surface area contributed by atoms with Gasteiger partial charge in [-0.15, -0.1) is 0 Å². The number of aromatic nitrogens is 2. The van der Waals surface area contributed by atoms with Crippen molar-refractivity contribution in [2.75, 3.05) is 5.73 Å². The largest absolute Gasteiger partial charge is 0.383 e. The van der Waals surface area contributed by atoms with Crippen LogP contribution in [0.4, 0.5) is 5.82 Å². The van der Waals surface area contributed by atoms with Crippen molar-refractivity contribution in [2.24, 2.45) is 0 Å². The average molecular weight is 392 g/mol. The number of anilines is 1. The summed E-state index contributed by atoms with van der Waals surface area (Å²) >= 11 is 7.83. The third kappa shape index (κ3) is 3.72. The van der Waals surface area contributed by atoms with Crippen LogP contribution in [0.15, 0.2) is 88.7 Å². The highest BCUT2D eigenvalue weighted by Gasteiger charge is 2.19. The van der Waals surface area contributed by atoms with Gasteiger partial charge in [-0.1, -0.05) is 71.4 Å². The van der Waals surface area contributed by atoms with Gasteiger partial charge in [-0.05, 0) is 43.3 Å². The van der Waals surface area contributed by atoms with Crippen molar-refractivity contribution < 1.29 is 0 Å². The van der Waals surface area contributed by atoms with Crippen molar-refractivity contribution in [3.05, 3.63) is 89.4 Å². The number of aryl methyl sites for hydroxylation is 1. The number of hydrogen-bond acceptors (Lipinski definition) is 3. The van der Waals surface area contributed by atoms with E-state index in [1.54, 1.807) is 16.4 Å². The van der Waals surface area contributed by atoms with Crippen molar-refractivity contribution >= 4 is 29.2 Å². The summed E-state index contributed by atoms with van der Waals surface area (Å²) < 4.78 is 1.78. The molecule has 1 heterocycles. The van der Waals surface area contributed by atoms with Crippen molar-refractivity contribution in [2.45, 2.75) is 16.7 Å². The molecule has 5 heteroatoms. The van der Waals surface area contributed by atoms with Gasteiger partial charge in [-0.2, -0.15) is 5.10 Å². The third-order valence-corrected chi connectivity index (χ3v) is 5.57. The van der Waals surface area contributed by atoms with Gasteiger partial charge in [-0.3, -0.25) is 0 Å². The Morgan fingerprint density at radius 3 is 2.37 bits per heavy atom. The minimum atomic E-state index is 0.613. The summed E-state index contributed by atoms with van der Waals surface area (Å²) in [5.74, 6) is 0.613. The molecule has 0 aliphatic carbocycles. The van der Waals surface area contributed by atoms with E-state index in [0.717, 1.165) is 26.7 Å². The number of nitrogens with two attached hydrogens (primary N) is 1. The minimum absolute atomic E-state index is 0.613. The Balaban J connectivity index is 1.86. The van der Waals surface area contributed by atoms with E-state index in [1.165, 1.54) is 5.56 Å². The molecule has 0 atom stereocenters. The van der Waals surface area contributed by atoms with Crippen LogP contribution < -0.4 is 5.73 Å². The van der Waals surface area contributed by atoms with Gasteiger partial charge < -0.3 is 5.73 Å². The average Bonchev–Trinajstić information content (AvgIpc) is 3.01. The lowest BCUT2D eigenvalue weighted by atomic mass is 10.1. The molecule has 4 aromatic rings. The third-order valence-electron chi connectivity index (χ3n) is 4.22. The van der Waals surface area contributed by atoms with E-state index in [4.69, 9.17) is 22.4 Å². The Labute approximate surface area is 167 Å². The first-order valence-electron chi connectivity index (χ1n) is 8.56. The van der Waals surface area contributed by atoms with Crippen molar-refractivity contribution in [1.29, 1.82) is 0 Å². The highest BCUT2D eigenvalue weighted by atomic mass is 35.5. The summed E-state index contributed by atoms with van der Waals surface area (Å²) in [5.41, 5.74) is 10.5. The van der Waals surface area contributed by atoms with Crippen LogP contribution in [0.2, 0.25) is 5.02 Å². The maximum absolute atomic E-state index is 6.54. The lowest BCUT2D eigenvalue weighted by Crippen LogP contribution is -2.01. The fourth-order valence-corrected chi connectivity index (χ4v) is 3.98. The molecule has 1 aromatic heterocycles. The van der Waals surface area contributed by atoms with Gasteiger partial charge in [0, 0.05) is 15.5 Å². The molecule has 27 heavy (non-hydrogen) atoms. The molecule has 0 fully saturated rings. The molecule has 134 valence electrons. The number of rotatable bonds is 4. The first kappa shape index (κ1) is 17.7. The topological polar surface area (TPSA) is 43.8 Å². The number of nitrogens with zero attached hydrogens (tertiary/aromatic N) is 2. The summed E-state index contributed by atoms with van der Waals surface area (Å²) in [6.07, 6.45) is 0. The van der Waals surface area contributed by atoms with Gasteiger partial charge in [0.1, 0.15) is 11.5 Å². The zero-order valence-electron chi connectivity index (χ0n) is 14.8. The first-order chi connectivity index (χ1) is 13.1. The second-order valence-electron chi connectivity index (χ2n) is 6.24. The zero-order valence-corrected chi connectivity index (χ0v) is 16.3. The van der Waals surface area contributed by atoms with Gasteiger partial charge in [0.2, 0.25) is 0 Å². The molecule has 0 saturated carbocycles. The Morgan fingerprint density at radius 1 is 0.926 bits per heavy atom. The van der Waals surface area contributed by atoms with Crippen LogP contribution in [0.5, 0.6) is 0 Å². The Hall–Kier alpha value is -2.69. The lowest BCUT2D eigenvalue weighted by molar-refractivity contribution is 0.895. The molecule has 0 bridgehead atoms. The number of halogens is 1. The van der Waals surface area contributed by atoms with E-state index in [0.29, 0.717) is 10.8 Å². The number of benzene rings is 3. The van der Waals surface area contributed by atoms with Gasteiger partial charge >= 0.3 is 0 Å². The summed E-state index contributed by atoms with van der Waals surface area (Å²) in [6.45, 7) is 2.08. The molecule has 3 aromatic carbocycles. The summed E-state index contributed by atoms with van der Waals surface area (Å²) in [5, 5.41) is 5.49. The molecule has 3 nitrogen and oxygen atoms in total. The maximum atomic E-state index is 6.54. The van der Waals surface area contributed by atoms with Crippen LogP contribution in [0, 0.1) is 6.92 Å². The Kier molecular flexibility index (Phi) is 4.92. The number of hydrogen-bond donors (Lipinski definition) is 1. The van der Waals surface area contributed by atoms with E-state index in [9.17, 15) is 0 Å². The molecular weight excluding hydrogens is 374 g/mol. The standard InChI is InChI=1S/C22H18ClN3S/c1-15-10-12-19(13-11-15)27-21-20(16-6-5-7-17(23)14-16)25-26(22(21)24)18-8-3-2-4-9-18/h2-14H,24H2,1H3. The van der Waals surface area contributed by atoms with Crippen LogP contribution in [-0.2, 0) is 0 Å². The van der Waals surface area contributed by atoms with E-state index in [2.05, 4.69) is 31.2 Å². The highest BCUT2D eigenvalue weighted by Crippen LogP contribution is 2.41. The molecule has 2 N–H and O–H groups in total. The lowest BCUT2D eigenvalue weighted by Gasteiger charge is -2.06. The van der Waals surface area contributed by atoms with Crippen LogP contribution >= 0.6 is 23.4 Å². The highest BCUT2D eigenvalue weighted by molar-refractivity contribution is 7.99. The number of nitrogen functional groups attached to an aromatic ring is 1. The predicted molar refractivity (Wildman–Crippen MR) is 114 cm³/mol. The SMILES string of the molecule is Cc1ccc(Sc2c(-c3cccc(Cl)c3)nn(-c3ccccc3)c2N)cc1. The van der Waals surface area contributed by atoms with Crippen LogP contribution in [0.25, 0.3) is 16.9 Å². The van der Waals surface area contributed by atoms with E-state index >= 15 is 0 Å². The second-order valence-corrected chi connectivity index (χ2v) is 7.76. The van der Waals surface area contributed by atoms with E-state index in [1.807, 2.05) is 54.6 Å². The molecule has 0 saturated heterocycles. The van der Waals surface area contributed by atoms with Crippen LogP contribution in [-0.4, -0.2) is 9.78 Å². The Morgan fingerprint density at radius 2 is 1.67 bits per heavy atom. The second kappa shape index (κ2) is 7.51. The predicted octanol–water partition coefficient (Wildman–Crippen LogP) is 6.23. The fourth-order valence-electron chi connectivity index (χ4n) is 2.83. The van der Waals surface area contributed by atoms with Gasteiger partial charge in [0.05, 0.1) is 10.6 Å². The molecule has 0 aliphatic heterocycles. The number of para-hydroxylation sites is 1. The maximum Gasteiger partial charge on any atom is 0.141 e. The minimum Gasteiger partial charge on any atom is -0.383 e. The van der Waals surface area contributed by atoms with Crippen molar-refractivity contribution in [3.63, 3.8) is 0 Å². The smallest absolute Gasteiger partial charge is 0.141 e. The molecule has 0 spiro atoms. The van der Waals surface area contributed by atoms with Crippen LogP contribution in [0.3, 0.4) is 0 Å². The Bertz CT molecular complexity index is 1070. The molecule has 4 rings (SSSR count). The van der Waals surface area contributed by atoms with Crippen molar-refractivity contribution in [3.8, 4) is 16.9 Å². The summed E-state index contributed by atoms with van der Waals surface area (Å²) in [7, 11) is 0. The molecular formula is C22H18ClN3S. The zero-order chi connectivity index (χ0) is 18.8. The van der Waals surface area contributed by atoms with Crippen LogP contribution in [0.1, 0.15) is 5.56 Å². The monoisotopic (exact) mass is 391 g/mol. The van der Waals surface area contributed by atoms with E-state index in [-0.39, 0.29) is 0 Å². The molecule has 0 aliphatic rings.